The second kappa shape index (κ2) is 17.0. The van der Waals surface area contributed by atoms with Gasteiger partial charge in [-0.05, 0) is 76.1 Å². The Morgan fingerprint density at radius 3 is 2.29 bits per heavy atom. The standard InChI is InChI=1S/C40H48N4O9S2/c1-8-42-32-21-19-28(54-53-52-48)26-30(32)39(3,4)34(42)16-13-11-10-12-14-17-35-40(5,6)31-27-29(20-22-33(31)43(35)9-2)55(49,50)41(7)25-15-18-38(47)51-44-36(45)23-24-37(44)46/h10-14,16-17,19-24,26-27H,8-9,15,18,25H2,1-7H3,(H2-,45,46,48)/p+1. The fourth-order valence-corrected chi connectivity index (χ4v) is 8.77. The summed E-state index contributed by atoms with van der Waals surface area (Å²) in [6.07, 6.45) is 14.2. The Bertz CT molecular complexity index is 2160. The van der Waals surface area contributed by atoms with E-state index in [9.17, 15) is 23.4 Å². The van der Waals surface area contributed by atoms with Crippen LogP contribution < -0.4 is 9.74 Å². The summed E-state index contributed by atoms with van der Waals surface area (Å²) >= 11 is 0.946. The second-order valence-electron chi connectivity index (χ2n) is 14.1. The largest absolute Gasteiger partial charge is 0.492 e. The van der Waals surface area contributed by atoms with Gasteiger partial charge in [-0.1, -0.05) is 49.3 Å². The molecule has 2 aromatic carbocycles. The van der Waals surface area contributed by atoms with Crippen molar-refractivity contribution in [3.8, 4) is 11.8 Å². The molecule has 0 radical (unpaired) electrons. The van der Waals surface area contributed by atoms with E-state index in [4.69, 9.17) is 10.1 Å². The Morgan fingerprint density at radius 1 is 0.927 bits per heavy atom. The molecule has 2 aliphatic rings. The minimum Gasteiger partial charge on any atom is -0.492 e. The van der Waals surface area contributed by atoms with Gasteiger partial charge in [0.05, 0.1) is 22.4 Å². The number of sulfonamides is 1. The third-order valence-corrected chi connectivity index (χ3v) is 12.5. The summed E-state index contributed by atoms with van der Waals surface area (Å²) in [6.45, 7) is 14.3. The predicted molar refractivity (Wildman–Crippen MR) is 212 cm³/mol. The van der Waals surface area contributed by atoms with E-state index in [0.717, 1.165) is 57.4 Å². The van der Waals surface area contributed by atoms with Gasteiger partial charge in [0.15, 0.2) is 5.71 Å². The summed E-state index contributed by atoms with van der Waals surface area (Å²) in [4.78, 5) is 20.4. The van der Waals surface area contributed by atoms with Crippen molar-refractivity contribution in [2.75, 3.05) is 31.6 Å². The van der Waals surface area contributed by atoms with Crippen molar-refractivity contribution in [3.63, 3.8) is 0 Å². The van der Waals surface area contributed by atoms with E-state index in [1.54, 1.807) is 12.1 Å². The Hall–Kier alpha value is -4.64. The summed E-state index contributed by atoms with van der Waals surface area (Å²) in [5.41, 5.74) is 5.59. The highest BCUT2D eigenvalue weighted by atomic mass is 32.2. The highest BCUT2D eigenvalue weighted by Crippen LogP contribution is 2.48. The fourth-order valence-electron chi connectivity index (χ4n) is 7.13. The Balaban J connectivity index is 1.24. The highest BCUT2D eigenvalue weighted by molar-refractivity contribution is 7.94. The van der Waals surface area contributed by atoms with Crippen LogP contribution in [0.5, 0.6) is 11.8 Å². The van der Waals surface area contributed by atoms with Gasteiger partial charge in [-0.25, -0.2) is 22.8 Å². The quantitative estimate of drug-likeness (QED) is 0.0446. The van der Waals surface area contributed by atoms with Crippen LogP contribution in [0.4, 0.5) is 11.4 Å². The lowest BCUT2D eigenvalue weighted by Gasteiger charge is -2.25. The molecule has 0 amide bonds. The van der Waals surface area contributed by atoms with Crippen LogP contribution in [0.2, 0.25) is 0 Å². The third kappa shape index (κ3) is 8.47. The van der Waals surface area contributed by atoms with Crippen LogP contribution in [0, 0.1) is 0 Å². The van der Waals surface area contributed by atoms with Crippen molar-refractivity contribution < 1.29 is 47.5 Å². The number of allylic oxidation sites excluding steroid dienone is 8. The van der Waals surface area contributed by atoms with Crippen LogP contribution in [-0.2, 0) is 35.0 Å². The van der Waals surface area contributed by atoms with Gasteiger partial charge in [0, 0.05) is 78.1 Å². The third-order valence-electron chi connectivity index (χ3n) is 10.0. The summed E-state index contributed by atoms with van der Waals surface area (Å²) in [6, 6.07) is 13.6. The lowest BCUT2D eigenvalue weighted by Crippen LogP contribution is -2.29. The zero-order valence-corrected chi connectivity index (χ0v) is 33.7. The number of hydrogen-bond acceptors (Lipinski definition) is 11. The van der Waals surface area contributed by atoms with Gasteiger partial charge < -0.3 is 20.0 Å². The van der Waals surface area contributed by atoms with Crippen molar-refractivity contribution in [1.29, 1.82) is 0 Å². The van der Waals surface area contributed by atoms with E-state index in [1.807, 2.05) is 48.6 Å². The van der Waals surface area contributed by atoms with Gasteiger partial charge >= 0.3 is 5.97 Å². The molecule has 0 aliphatic carbocycles. The summed E-state index contributed by atoms with van der Waals surface area (Å²) in [5, 5.41) is 31.7. The summed E-state index contributed by atoms with van der Waals surface area (Å²) < 4.78 is 36.0. The molecule has 0 saturated heterocycles. The van der Waals surface area contributed by atoms with Crippen molar-refractivity contribution in [2.24, 2.45) is 0 Å². The van der Waals surface area contributed by atoms with E-state index < -0.39 is 33.2 Å². The van der Waals surface area contributed by atoms with Gasteiger partial charge in [0.25, 0.3) is 0 Å². The zero-order valence-electron chi connectivity index (χ0n) is 32.1. The van der Waals surface area contributed by atoms with E-state index >= 15 is 0 Å². The van der Waals surface area contributed by atoms with Gasteiger partial charge in [-0.15, -0.1) is 9.06 Å². The van der Waals surface area contributed by atoms with Crippen LogP contribution in [-0.4, -0.2) is 75.9 Å². The van der Waals surface area contributed by atoms with Crippen LogP contribution in [0.15, 0.2) is 107 Å². The number of benzene rings is 2. The van der Waals surface area contributed by atoms with Crippen molar-refractivity contribution >= 4 is 45.1 Å². The maximum Gasteiger partial charge on any atom is 0.333 e. The number of fused-ring (bicyclic) bond motifs is 2. The van der Waals surface area contributed by atoms with Gasteiger partial charge in [-0.2, -0.15) is 4.58 Å². The van der Waals surface area contributed by atoms with E-state index in [1.165, 1.54) is 23.5 Å². The Morgan fingerprint density at radius 2 is 1.62 bits per heavy atom. The molecule has 2 aliphatic heterocycles. The van der Waals surface area contributed by atoms with Gasteiger partial charge in [-0.3, -0.25) is 0 Å². The minimum absolute atomic E-state index is 0.0567. The van der Waals surface area contributed by atoms with Crippen LogP contribution in [0.3, 0.4) is 0 Å². The average Bonchev–Trinajstić information content (AvgIpc) is 3.67. The number of aromatic nitrogens is 1. The van der Waals surface area contributed by atoms with Crippen molar-refractivity contribution in [2.45, 2.75) is 75.0 Å². The maximum absolute atomic E-state index is 13.6. The normalized spacial score (nSPS) is 17.1. The molecule has 3 N–H and O–H groups in total. The smallest absolute Gasteiger partial charge is 0.333 e. The van der Waals surface area contributed by atoms with E-state index in [-0.39, 0.29) is 29.7 Å². The molecule has 13 nitrogen and oxygen atoms in total. The first-order chi connectivity index (χ1) is 26.1. The molecule has 5 rings (SSSR count). The number of rotatable bonds is 16. The first-order valence-corrected chi connectivity index (χ1v) is 20.1. The molecule has 3 aromatic rings. The van der Waals surface area contributed by atoms with E-state index in [2.05, 4.69) is 78.6 Å². The Labute approximate surface area is 326 Å². The molecule has 0 spiro atoms. The number of hydrogen-bond donors (Lipinski definition) is 3. The molecular formula is C40H49N4O9S2+. The molecule has 0 fully saturated rings. The number of anilines is 1. The first kappa shape index (κ1) is 41.5. The monoisotopic (exact) mass is 793 g/mol. The van der Waals surface area contributed by atoms with Crippen LogP contribution >= 0.6 is 12.0 Å². The Kier molecular flexibility index (Phi) is 12.8. The van der Waals surface area contributed by atoms with Crippen LogP contribution in [0.25, 0.3) is 0 Å². The molecule has 294 valence electrons. The molecule has 3 heterocycles. The molecule has 1 aromatic heterocycles. The zero-order chi connectivity index (χ0) is 40.1. The average molecular weight is 794 g/mol. The molecule has 0 saturated carbocycles. The fraction of sp³-hybridized carbons (Fsp3) is 0.350. The molecular weight excluding hydrogens is 745 g/mol. The van der Waals surface area contributed by atoms with Crippen molar-refractivity contribution in [1.82, 2.24) is 9.04 Å². The number of aromatic hydroxyl groups is 2. The lowest BCUT2D eigenvalue weighted by atomic mass is 9.81. The number of likely N-dealkylation sites (N-methyl/N-ethyl adjacent to an activating group) is 1. The highest BCUT2D eigenvalue weighted by Gasteiger charge is 2.44. The SMILES string of the molecule is CCN1C(=CC=CC=CC=CC2=[N+](CC)c3ccc(SOOO)cc3C2(C)C)C(C)(C)c2cc(S(=O)(=O)N(C)CCCC(=O)On3c(O)ccc3O)ccc21. The summed E-state index contributed by atoms with van der Waals surface area (Å²) in [5.74, 6) is -1.59. The molecule has 55 heavy (non-hydrogen) atoms. The maximum atomic E-state index is 13.6. The molecule has 0 unspecified atom stereocenters. The molecule has 0 bridgehead atoms. The second-order valence-corrected chi connectivity index (χ2v) is 16.9. The predicted octanol–water partition coefficient (Wildman–Crippen LogP) is 7.15. The van der Waals surface area contributed by atoms with E-state index in [0.29, 0.717) is 11.3 Å². The molecule has 15 heteroatoms. The number of nitrogens with zero attached hydrogens (tertiary/aromatic N) is 4. The lowest BCUT2D eigenvalue weighted by molar-refractivity contribution is -0.433. The molecule has 0 atom stereocenters. The first-order valence-electron chi connectivity index (χ1n) is 17.9. The number of carbonyl (C=O) groups is 1. The number of carbonyl (C=O) groups excluding carboxylic acids is 1. The van der Waals surface area contributed by atoms with Crippen LogP contribution in [0.1, 0.15) is 65.5 Å². The minimum atomic E-state index is -3.88. The van der Waals surface area contributed by atoms with Gasteiger partial charge in [0.1, 0.15) is 6.54 Å². The topological polar surface area (TPSA) is 154 Å². The summed E-state index contributed by atoms with van der Waals surface area (Å²) in [7, 11) is -2.41. The van der Waals surface area contributed by atoms with Gasteiger partial charge in [0.2, 0.25) is 27.5 Å². The van der Waals surface area contributed by atoms with Crippen molar-refractivity contribution in [3.05, 3.63) is 108 Å².